The van der Waals surface area contributed by atoms with E-state index in [2.05, 4.69) is 4.72 Å². The summed E-state index contributed by atoms with van der Waals surface area (Å²) < 4.78 is 44.2. The molecule has 136 valence electrons. The van der Waals surface area contributed by atoms with Gasteiger partial charge in [0, 0.05) is 13.0 Å². The zero-order chi connectivity index (χ0) is 19.0. The molecule has 0 unspecified atom stereocenters. The number of ether oxygens (including phenoxy) is 1. The van der Waals surface area contributed by atoms with E-state index in [4.69, 9.17) is 10.00 Å². The van der Waals surface area contributed by atoms with Crippen LogP contribution in [0.3, 0.4) is 0 Å². The Morgan fingerprint density at radius 1 is 1.12 bits per heavy atom. The van der Waals surface area contributed by atoms with Crippen LogP contribution in [0.2, 0.25) is 0 Å². The van der Waals surface area contributed by atoms with Crippen molar-refractivity contribution in [2.24, 2.45) is 0 Å². The zero-order valence-corrected chi connectivity index (χ0v) is 14.6. The summed E-state index contributed by atoms with van der Waals surface area (Å²) in [4.78, 5) is 11.6. The number of hydrogen-bond acceptors (Lipinski definition) is 5. The number of nitrogens with one attached hydrogen (secondary N) is 1. The molecule has 0 aliphatic heterocycles. The second kappa shape index (κ2) is 9.08. The number of esters is 1. The molecule has 2 rings (SSSR count). The summed E-state index contributed by atoms with van der Waals surface area (Å²) in [5.74, 6) is -0.968. The first-order chi connectivity index (χ1) is 12.4. The summed E-state index contributed by atoms with van der Waals surface area (Å²) in [7, 11) is -3.73. The molecule has 0 spiro atoms. The van der Waals surface area contributed by atoms with Gasteiger partial charge in [-0.05, 0) is 48.4 Å². The quantitative estimate of drug-likeness (QED) is 0.564. The van der Waals surface area contributed by atoms with E-state index >= 15 is 0 Å². The molecule has 0 fully saturated rings. The molecule has 0 heterocycles. The molecule has 0 aliphatic carbocycles. The Labute approximate surface area is 151 Å². The molecule has 26 heavy (non-hydrogen) atoms. The van der Waals surface area contributed by atoms with Gasteiger partial charge in [0.15, 0.2) is 0 Å². The molecule has 6 nitrogen and oxygen atoms in total. The van der Waals surface area contributed by atoms with Gasteiger partial charge in [0.1, 0.15) is 12.4 Å². The van der Waals surface area contributed by atoms with Gasteiger partial charge >= 0.3 is 5.97 Å². The Kier molecular flexibility index (Phi) is 6.83. The lowest BCUT2D eigenvalue weighted by atomic mass is 10.2. The van der Waals surface area contributed by atoms with Crippen LogP contribution in [-0.4, -0.2) is 20.9 Å². The second-order valence-corrected chi connectivity index (χ2v) is 7.19. The summed E-state index contributed by atoms with van der Waals surface area (Å²) >= 11 is 0. The van der Waals surface area contributed by atoms with Gasteiger partial charge in [0.25, 0.3) is 0 Å². The fourth-order valence-corrected chi connectivity index (χ4v) is 3.12. The fourth-order valence-electron chi connectivity index (χ4n) is 2.05. The Morgan fingerprint density at radius 3 is 2.38 bits per heavy atom. The minimum absolute atomic E-state index is 0.0395. The molecule has 0 atom stereocenters. The number of sulfonamides is 1. The van der Waals surface area contributed by atoms with E-state index in [0.717, 1.165) is 17.7 Å². The topological polar surface area (TPSA) is 96.3 Å². The van der Waals surface area contributed by atoms with E-state index in [1.165, 1.54) is 12.1 Å². The molecule has 8 heteroatoms. The third kappa shape index (κ3) is 5.95. The van der Waals surface area contributed by atoms with Gasteiger partial charge in [-0.1, -0.05) is 12.1 Å². The molecule has 0 saturated carbocycles. The minimum Gasteiger partial charge on any atom is -0.461 e. The van der Waals surface area contributed by atoms with E-state index < -0.39 is 21.8 Å². The SMILES string of the molecule is N#Cc1ccc(COC(=O)CCCNS(=O)(=O)c2ccc(F)cc2)cc1. The molecular formula is C18H17FN2O4S. The van der Waals surface area contributed by atoms with E-state index in [0.29, 0.717) is 5.56 Å². The number of rotatable bonds is 8. The van der Waals surface area contributed by atoms with Crippen LogP contribution in [0.1, 0.15) is 24.0 Å². The lowest BCUT2D eigenvalue weighted by Crippen LogP contribution is -2.25. The van der Waals surface area contributed by atoms with Gasteiger partial charge in [0.2, 0.25) is 10.0 Å². The summed E-state index contributed by atoms with van der Waals surface area (Å²) in [6.07, 6.45) is 0.328. The zero-order valence-electron chi connectivity index (χ0n) is 13.8. The van der Waals surface area contributed by atoms with Crippen LogP contribution >= 0.6 is 0 Å². The van der Waals surface area contributed by atoms with Crippen LogP contribution in [0.25, 0.3) is 0 Å². The average molecular weight is 376 g/mol. The molecular weight excluding hydrogens is 359 g/mol. The van der Waals surface area contributed by atoms with Gasteiger partial charge in [-0.3, -0.25) is 4.79 Å². The Hall–Kier alpha value is -2.76. The molecule has 0 radical (unpaired) electrons. The van der Waals surface area contributed by atoms with Crippen LogP contribution in [0.15, 0.2) is 53.4 Å². The molecule has 2 aromatic carbocycles. The predicted molar refractivity (Wildman–Crippen MR) is 91.8 cm³/mol. The van der Waals surface area contributed by atoms with Crippen molar-refractivity contribution in [2.45, 2.75) is 24.3 Å². The molecule has 0 aromatic heterocycles. The van der Waals surface area contributed by atoms with Gasteiger partial charge < -0.3 is 4.74 Å². The Balaban J connectivity index is 1.71. The van der Waals surface area contributed by atoms with E-state index in [9.17, 15) is 17.6 Å². The summed E-state index contributed by atoms with van der Waals surface area (Å²) in [5, 5.41) is 8.71. The predicted octanol–water partition coefficient (Wildman–Crippen LogP) is 2.50. The number of nitriles is 1. The first-order valence-electron chi connectivity index (χ1n) is 7.80. The lowest BCUT2D eigenvalue weighted by Gasteiger charge is -2.07. The first-order valence-corrected chi connectivity index (χ1v) is 9.29. The highest BCUT2D eigenvalue weighted by molar-refractivity contribution is 7.89. The number of carbonyl (C=O) groups excluding carboxylic acids is 1. The number of nitrogens with zero attached hydrogens (tertiary/aromatic N) is 1. The molecule has 2 aromatic rings. The highest BCUT2D eigenvalue weighted by atomic mass is 32.2. The maximum absolute atomic E-state index is 12.8. The van der Waals surface area contributed by atoms with Gasteiger partial charge in [-0.2, -0.15) is 5.26 Å². The third-order valence-electron chi connectivity index (χ3n) is 3.46. The average Bonchev–Trinajstić information content (AvgIpc) is 2.64. The van der Waals surface area contributed by atoms with Gasteiger partial charge in [-0.15, -0.1) is 0 Å². The summed E-state index contributed by atoms with van der Waals surface area (Å²) in [6.45, 7) is 0.150. The number of benzene rings is 2. The number of halogens is 1. The van der Waals surface area contributed by atoms with Crippen molar-refractivity contribution in [3.63, 3.8) is 0 Å². The van der Waals surface area contributed by atoms with Crippen molar-refractivity contribution in [3.05, 3.63) is 65.5 Å². The van der Waals surface area contributed by atoms with E-state index in [-0.39, 0.29) is 30.9 Å². The Morgan fingerprint density at radius 2 is 1.77 bits per heavy atom. The molecule has 0 saturated heterocycles. The van der Waals surface area contributed by atoms with Crippen LogP contribution in [0.5, 0.6) is 0 Å². The third-order valence-corrected chi connectivity index (χ3v) is 4.93. The highest BCUT2D eigenvalue weighted by Crippen LogP contribution is 2.10. The van der Waals surface area contributed by atoms with Crippen LogP contribution in [0.4, 0.5) is 4.39 Å². The van der Waals surface area contributed by atoms with Crippen molar-refractivity contribution in [3.8, 4) is 6.07 Å². The lowest BCUT2D eigenvalue weighted by molar-refractivity contribution is -0.145. The highest BCUT2D eigenvalue weighted by Gasteiger charge is 2.13. The number of carbonyl (C=O) groups is 1. The van der Waals surface area contributed by atoms with Gasteiger partial charge in [-0.25, -0.2) is 17.5 Å². The monoisotopic (exact) mass is 376 g/mol. The standard InChI is InChI=1S/C18H17FN2O4S/c19-16-7-9-17(10-8-16)26(23,24)21-11-1-2-18(22)25-13-15-5-3-14(12-20)4-6-15/h3-10,21H,1-2,11,13H2. The molecule has 0 aliphatic rings. The maximum Gasteiger partial charge on any atom is 0.306 e. The largest absolute Gasteiger partial charge is 0.461 e. The van der Waals surface area contributed by atoms with E-state index in [1.54, 1.807) is 24.3 Å². The van der Waals surface area contributed by atoms with Crippen molar-refractivity contribution in [2.75, 3.05) is 6.54 Å². The molecule has 1 N–H and O–H groups in total. The van der Waals surface area contributed by atoms with Crippen LogP contribution in [-0.2, 0) is 26.2 Å². The fraction of sp³-hybridized carbons (Fsp3) is 0.222. The molecule has 0 amide bonds. The first kappa shape index (κ1) is 19.6. The van der Waals surface area contributed by atoms with Gasteiger partial charge in [0.05, 0.1) is 16.5 Å². The van der Waals surface area contributed by atoms with E-state index in [1.807, 2.05) is 6.07 Å². The van der Waals surface area contributed by atoms with Crippen LogP contribution in [0, 0.1) is 17.1 Å². The second-order valence-electron chi connectivity index (χ2n) is 5.42. The molecule has 0 bridgehead atoms. The normalized spacial score (nSPS) is 10.9. The smallest absolute Gasteiger partial charge is 0.306 e. The summed E-state index contributed by atoms with van der Waals surface area (Å²) in [5.41, 5.74) is 1.28. The minimum atomic E-state index is -3.73. The summed E-state index contributed by atoms with van der Waals surface area (Å²) in [6, 6.07) is 13.1. The number of hydrogen-bond donors (Lipinski definition) is 1. The van der Waals surface area contributed by atoms with Crippen LogP contribution < -0.4 is 4.72 Å². The van der Waals surface area contributed by atoms with Crippen molar-refractivity contribution >= 4 is 16.0 Å². The Bertz CT molecular complexity index is 888. The van der Waals surface area contributed by atoms with Crippen molar-refractivity contribution in [1.82, 2.24) is 4.72 Å². The van der Waals surface area contributed by atoms with Crippen molar-refractivity contribution in [1.29, 1.82) is 5.26 Å². The maximum atomic E-state index is 12.8. The van der Waals surface area contributed by atoms with Crippen molar-refractivity contribution < 1.29 is 22.3 Å².